The third kappa shape index (κ3) is 3.47. The maximum atomic E-state index is 11.9. The number of halogens is 1. The Balaban J connectivity index is 2.88. The number of carbonyl (C=O) groups is 2. The molecule has 1 aromatic rings. The van der Waals surface area contributed by atoms with Crippen LogP contribution in [0, 0.1) is 0 Å². The molecule has 0 spiro atoms. The Morgan fingerprint density at radius 2 is 1.89 bits per heavy atom. The van der Waals surface area contributed by atoms with Crippen molar-refractivity contribution in [3.8, 4) is 0 Å². The highest BCUT2D eigenvalue weighted by Crippen LogP contribution is 2.15. The Bertz CT molecular complexity index is 444. The quantitative estimate of drug-likeness (QED) is 0.660. The smallest absolute Gasteiger partial charge is 0.339 e. The predicted molar refractivity (Wildman–Crippen MR) is 68.2 cm³/mol. The van der Waals surface area contributed by atoms with Crippen molar-refractivity contribution in [3.63, 3.8) is 0 Å². The molecule has 4 nitrogen and oxygen atoms in total. The number of rotatable bonds is 5. The zero-order valence-corrected chi connectivity index (χ0v) is 11.0. The van der Waals surface area contributed by atoms with E-state index in [1.165, 1.54) is 12.1 Å². The van der Waals surface area contributed by atoms with Crippen molar-refractivity contribution in [1.29, 1.82) is 0 Å². The number of benzene rings is 1. The van der Waals surface area contributed by atoms with Gasteiger partial charge < -0.3 is 9.84 Å². The van der Waals surface area contributed by atoms with Crippen LogP contribution in [0.2, 0.25) is 0 Å². The summed E-state index contributed by atoms with van der Waals surface area (Å²) in [6.45, 7) is 3.57. The van der Waals surface area contributed by atoms with Crippen LogP contribution in [0.1, 0.15) is 41.0 Å². The van der Waals surface area contributed by atoms with Gasteiger partial charge in [-0.1, -0.05) is 19.1 Å². The minimum atomic E-state index is -1.16. The van der Waals surface area contributed by atoms with Gasteiger partial charge >= 0.3 is 11.9 Å². The molecule has 0 bridgehead atoms. The average molecular weight is 271 g/mol. The predicted octanol–water partition coefficient (Wildman–Crippen LogP) is 2.95. The summed E-state index contributed by atoms with van der Waals surface area (Å²) in [6, 6.07) is 5.93. The molecule has 0 heterocycles. The van der Waals surface area contributed by atoms with Gasteiger partial charge in [-0.15, -0.1) is 11.6 Å². The number of hydrogen-bond donors (Lipinski definition) is 1. The topological polar surface area (TPSA) is 63.6 Å². The second kappa shape index (κ2) is 6.40. The van der Waals surface area contributed by atoms with Crippen molar-refractivity contribution >= 4 is 23.5 Å². The summed E-state index contributed by atoms with van der Waals surface area (Å²) in [5.41, 5.74) is -0.0332. The average Bonchev–Trinajstić information content (AvgIpc) is 2.37. The van der Waals surface area contributed by atoms with Crippen molar-refractivity contribution in [2.45, 2.75) is 31.7 Å². The number of alkyl halides is 1. The summed E-state index contributed by atoms with van der Waals surface area (Å²) in [5, 5.41) is 8.68. The lowest BCUT2D eigenvalue weighted by Gasteiger charge is -2.17. The van der Waals surface area contributed by atoms with E-state index in [9.17, 15) is 9.59 Å². The number of hydrogen-bond acceptors (Lipinski definition) is 3. The van der Waals surface area contributed by atoms with Gasteiger partial charge in [0.05, 0.1) is 16.5 Å². The highest BCUT2D eigenvalue weighted by Gasteiger charge is 2.21. The molecule has 1 rings (SSSR count). The van der Waals surface area contributed by atoms with Crippen LogP contribution in [0.25, 0.3) is 0 Å². The summed E-state index contributed by atoms with van der Waals surface area (Å²) in [4.78, 5) is 22.8. The molecule has 0 radical (unpaired) electrons. The number of ether oxygens (including phenoxy) is 1. The molecule has 0 aliphatic carbocycles. The molecule has 1 N–H and O–H groups in total. The molecule has 0 aromatic heterocycles. The van der Waals surface area contributed by atoms with Gasteiger partial charge in [-0.3, -0.25) is 0 Å². The Labute approximate surface area is 111 Å². The van der Waals surface area contributed by atoms with Gasteiger partial charge in [-0.05, 0) is 25.5 Å². The highest BCUT2D eigenvalue weighted by atomic mass is 35.5. The minimum Gasteiger partial charge on any atom is -0.478 e. The Morgan fingerprint density at radius 1 is 1.33 bits per heavy atom. The summed E-state index contributed by atoms with van der Waals surface area (Å²) in [6.07, 6.45) is 0.197. The summed E-state index contributed by atoms with van der Waals surface area (Å²) >= 11 is 5.96. The second-order valence-corrected chi connectivity index (χ2v) is 4.45. The molecule has 5 heteroatoms. The third-order valence-electron chi connectivity index (χ3n) is 2.57. The number of carboxylic acids is 1. The first-order chi connectivity index (χ1) is 8.47. The van der Waals surface area contributed by atoms with Crippen LogP contribution in [-0.2, 0) is 4.74 Å². The minimum absolute atomic E-state index is 0.0387. The number of esters is 1. The zero-order chi connectivity index (χ0) is 13.7. The molecule has 0 aliphatic rings. The lowest BCUT2D eigenvalue weighted by molar-refractivity contribution is 0.0325. The second-order valence-electron chi connectivity index (χ2n) is 3.89. The summed E-state index contributed by atoms with van der Waals surface area (Å²) < 4.78 is 5.15. The molecule has 0 amide bonds. The van der Waals surface area contributed by atoms with Crippen molar-refractivity contribution in [1.82, 2.24) is 0 Å². The van der Waals surface area contributed by atoms with Crippen LogP contribution < -0.4 is 0 Å². The first-order valence-electron chi connectivity index (χ1n) is 5.64. The maximum Gasteiger partial charge on any atom is 0.339 e. The maximum absolute atomic E-state index is 11.9. The molecule has 1 aromatic carbocycles. The first kappa shape index (κ1) is 14.5. The van der Waals surface area contributed by atoms with E-state index in [2.05, 4.69) is 0 Å². The van der Waals surface area contributed by atoms with Gasteiger partial charge in [0, 0.05) is 0 Å². The van der Waals surface area contributed by atoms with Crippen LogP contribution in [0.15, 0.2) is 24.3 Å². The lowest BCUT2D eigenvalue weighted by Crippen LogP contribution is -2.25. The molecule has 0 saturated heterocycles. The standard InChI is InChI=1S/C13H15ClO4/c1-3-11(14)8(2)18-13(17)10-7-5-4-6-9(10)12(15)16/h4-8,11H,3H2,1-2H3,(H,15,16). The van der Waals surface area contributed by atoms with E-state index in [1.54, 1.807) is 19.1 Å². The highest BCUT2D eigenvalue weighted by molar-refractivity contribution is 6.21. The van der Waals surface area contributed by atoms with Crippen molar-refractivity contribution in [3.05, 3.63) is 35.4 Å². The normalized spacial score (nSPS) is 13.7. The zero-order valence-electron chi connectivity index (χ0n) is 10.2. The van der Waals surface area contributed by atoms with Crippen LogP contribution in [0.4, 0.5) is 0 Å². The van der Waals surface area contributed by atoms with E-state index in [1.807, 2.05) is 6.92 Å². The van der Waals surface area contributed by atoms with E-state index < -0.39 is 18.0 Å². The van der Waals surface area contributed by atoms with Gasteiger partial charge in [0.25, 0.3) is 0 Å². The number of aromatic carboxylic acids is 1. The Kier molecular flexibility index (Phi) is 5.16. The molecular weight excluding hydrogens is 256 g/mol. The van der Waals surface area contributed by atoms with Crippen molar-refractivity contribution < 1.29 is 19.4 Å². The molecule has 2 atom stereocenters. The van der Waals surface area contributed by atoms with Crippen molar-refractivity contribution in [2.24, 2.45) is 0 Å². The molecule has 0 saturated carbocycles. The summed E-state index contributed by atoms with van der Waals surface area (Å²) in [7, 11) is 0. The largest absolute Gasteiger partial charge is 0.478 e. The van der Waals surface area contributed by atoms with Gasteiger partial charge in [0.15, 0.2) is 0 Å². The van der Waals surface area contributed by atoms with Gasteiger partial charge in [-0.2, -0.15) is 0 Å². The summed E-state index contributed by atoms with van der Waals surface area (Å²) in [5.74, 6) is -1.83. The number of carboxylic acid groups (broad SMARTS) is 1. The molecule has 18 heavy (non-hydrogen) atoms. The monoisotopic (exact) mass is 270 g/mol. The fourth-order valence-electron chi connectivity index (χ4n) is 1.49. The van der Waals surface area contributed by atoms with Gasteiger partial charge in [-0.25, -0.2) is 9.59 Å². The molecular formula is C13H15ClO4. The van der Waals surface area contributed by atoms with E-state index in [0.717, 1.165) is 0 Å². The number of carbonyl (C=O) groups excluding carboxylic acids is 1. The van der Waals surface area contributed by atoms with E-state index in [-0.39, 0.29) is 16.5 Å². The van der Waals surface area contributed by atoms with Gasteiger partial charge in [0.2, 0.25) is 0 Å². The molecule has 98 valence electrons. The SMILES string of the molecule is CCC(Cl)C(C)OC(=O)c1ccccc1C(=O)O. The van der Waals surface area contributed by atoms with Crippen molar-refractivity contribution in [2.75, 3.05) is 0 Å². The fraction of sp³-hybridized carbons (Fsp3) is 0.385. The molecule has 2 unspecified atom stereocenters. The molecule has 0 aliphatic heterocycles. The van der Waals surface area contributed by atoms with Crippen LogP contribution >= 0.6 is 11.6 Å². The molecule has 0 fully saturated rings. The van der Waals surface area contributed by atoms with Crippen LogP contribution in [0.3, 0.4) is 0 Å². The first-order valence-corrected chi connectivity index (χ1v) is 6.08. The van der Waals surface area contributed by atoms with Gasteiger partial charge in [0.1, 0.15) is 6.10 Å². The van der Waals surface area contributed by atoms with Crippen LogP contribution in [0.5, 0.6) is 0 Å². The Morgan fingerprint density at radius 3 is 2.39 bits per heavy atom. The van der Waals surface area contributed by atoms with E-state index >= 15 is 0 Å². The Hall–Kier alpha value is -1.55. The fourth-order valence-corrected chi connectivity index (χ4v) is 1.54. The van der Waals surface area contributed by atoms with E-state index in [0.29, 0.717) is 6.42 Å². The third-order valence-corrected chi connectivity index (χ3v) is 3.23. The lowest BCUT2D eigenvalue weighted by atomic mass is 10.1. The van der Waals surface area contributed by atoms with Crippen LogP contribution in [-0.4, -0.2) is 28.5 Å². The van der Waals surface area contributed by atoms with E-state index in [4.69, 9.17) is 21.4 Å².